The van der Waals surface area contributed by atoms with Crippen molar-refractivity contribution in [1.29, 1.82) is 0 Å². The van der Waals surface area contributed by atoms with Crippen LogP contribution in [0, 0.1) is 0 Å². The van der Waals surface area contributed by atoms with E-state index in [0.717, 1.165) is 36.2 Å². The molecule has 0 amide bonds. The normalized spacial score (nSPS) is 17.6. The number of ether oxygens (including phenoxy) is 1. The molecule has 0 saturated carbocycles. The third-order valence-corrected chi connectivity index (χ3v) is 3.56. The molecule has 1 saturated heterocycles. The van der Waals surface area contributed by atoms with E-state index in [1.54, 1.807) is 6.20 Å². The average Bonchev–Trinajstić information content (AvgIpc) is 2.61. The van der Waals surface area contributed by atoms with Crippen molar-refractivity contribution in [2.75, 3.05) is 13.2 Å². The summed E-state index contributed by atoms with van der Waals surface area (Å²) in [6.45, 7) is 1.48. The van der Waals surface area contributed by atoms with Crippen LogP contribution < -0.4 is 0 Å². The van der Waals surface area contributed by atoms with E-state index < -0.39 is 5.97 Å². The Morgan fingerprint density at radius 3 is 2.94 bits per heavy atom. The van der Waals surface area contributed by atoms with Crippen LogP contribution in [0.4, 0.5) is 0 Å². The van der Waals surface area contributed by atoms with Gasteiger partial charge in [-0.25, -0.2) is 0 Å². The molecule has 1 aliphatic heterocycles. The number of nitrogens with zero attached hydrogens (tertiary/aromatic N) is 2. The molecule has 6 heteroatoms. The topological polar surface area (TPSA) is 64.3 Å². The molecule has 1 aromatic rings. The summed E-state index contributed by atoms with van der Waals surface area (Å²) in [5.74, 6) is -0.841. The van der Waals surface area contributed by atoms with Crippen molar-refractivity contribution < 1.29 is 14.6 Å². The van der Waals surface area contributed by atoms with Crippen molar-refractivity contribution in [3.8, 4) is 0 Å². The average molecular weight is 289 g/mol. The summed E-state index contributed by atoms with van der Waals surface area (Å²) < 4.78 is 7.92. The summed E-state index contributed by atoms with van der Waals surface area (Å²) in [4.78, 5) is 10.6. The lowest BCUT2D eigenvalue weighted by Gasteiger charge is -2.23. The predicted octanol–water partition coefficient (Wildman–Crippen LogP) is 1.62. The first-order chi connectivity index (χ1) is 7.68. The second-order valence-electron chi connectivity index (χ2n) is 3.82. The minimum Gasteiger partial charge on any atom is -0.481 e. The van der Waals surface area contributed by atoms with E-state index >= 15 is 0 Å². The maximum Gasteiger partial charge on any atom is 0.307 e. The van der Waals surface area contributed by atoms with Gasteiger partial charge in [0.05, 0.1) is 18.7 Å². The number of hydrogen-bond donors (Lipinski definition) is 1. The van der Waals surface area contributed by atoms with Crippen LogP contribution >= 0.6 is 15.9 Å². The van der Waals surface area contributed by atoms with Crippen LogP contribution in [0.1, 0.15) is 24.4 Å². The zero-order chi connectivity index (χ0) is 11.5. The second-order valence-corrected chi connectivity index (χ2v) is 4.57. The maximum absolute atomic E-state index is 10.6. The Morgan fingerprint density at radius 1 is 1.62 bits per heavy atom. The highest BCUT2D eigenvalue weighted by molar-refractivity contribution is 9.10. The van der Waals surface area contributed by atoms with Gasteiger partial charge in [-0.1, -0.05) is 0 Å². The molecule has 0 atom stereocenters. The number of carbonyl (C=O) groups is 1. The molecular weight excluding hydrogens is 276 g/mol. The third kappa shape index (κ3) is 2.44. The van der Waals surface area contributed by atoms with Gasteiger partial charge in [0, 0.05) is 18.8 Å². The number of hydrogen-bond acceptors (Lipinski definition) is 3. The van der Waals surface area contributed by atoms with Gasteiger partial charge in [0.1, 0.15) is 4.60 Å². The molecule has 16 heavy (non-hydrogen) atoms. The van der Waals surface area contributed by atoms with E-state index in [0.29, 0.717) is 6.04 Å². The van der Waals surface area contributed by atoms with Crippen LogP contribution in [-0.2, 0) is 16.0 Å². The summed E-state index contributed by atoms with van der Waals surface area (Å²) in [6.07, 6.45) is 3.47. The van der Waals surface area contributed by atoms with Crippen molar-refractivity contribution in [2.45, 2.75) is 25.3 Å². The number of aromatic nitrogens is 2. The van der Waals surface area contributed by atoms with Gasteiger partial charge < -0.3 is 9.84 Å². The number of carboxylic acid groups (broad SMARTS) is 1. The highest BCUT2D eigenvalue weighted by Crippen LogP contribution is 2.27. The van der Waals surface area contributed by atoms with Crippen LogP contribution in [0.5, 0.6) is 0 Å². The van der Waals surface area contributed by atoms with Crippen molar-refractivity contribution >= 4 is 21.9 Å². The lowest BCUT2D eigenvalue weighted by atomic mass is 10.1. The van der Waals surface area contributed by atoms with Gasteiger partial charge in [-0.15, -0.1) is 0 Å². The molecule has 0 spiro atoms. The van der Waals surface area contributed by atoms with Gasteiger partial charge >= 0.3 is 5.97 Å². The van der Waals surface area contributed by atoms with E-state index in [2.05, 4.69) is 21.0 Å². The minimum absolute atomic E-state index is 0.00377. The van der Waals surface area contributed by atoms with Crippen LogP contribution in [0.3, 0.4) is 0 Å². The molecule has 1 aliphatic rings. The minimum atomic E-state index is -0.841. The number of aliphatic carboxylic acids is 1. The molecule has 2 heterocycles. The fourth-order valence-corrected chi connectivity index (χ4v) is 2.47. The Hall–Kier alpha value is -0.880. The number of halogens is 1. The van der Waals surface area contributed by atoms with Crippen molar-refractivity contribution in [3.05, 3.63) is 16.4 Å². The SMILES string of the molecule is O=C(O)Cc1cnn(C2CCOCC2)c1Br. The van der Waals surface area contributed by atoms with Gasteiger partial charge in [0.25, 0.3) is 0 Å². The lowest BCUT2D eigenvalue weighted by molar-refractivity contribution is -0.136. The Balaban J connectivity index is 2.15. The van der Waals surface area contributed by atoms with Gasteiger partial charge in [0.2, 0.25) is 0 Å². The highest BCUT2D eigenvalue weighted by atomic mass is 79.9. The Labute approximate surface area is 102 Å². The lowest BCUT2D eigenvalue weighted by Crippen LogP contribution is -2.20. The van der Waals surface area contributed by atoms with E-state index in [1.807, 2.05) is 4.68 Å². The van der Waals surface area contributed by atoms with Crippen molar-refractivity contribution in [1.82, 2.24) is 9.78 Å². The third-order valence-electron chi connectivity index (χ3n) is 2.68. The second kappa shape index (κ2) is 4.97. The van der Waals surface area contributed by atoms with Gasteiger partial charge in [0.15, 0.2) is 0 Å². The molecule has 5 nitrogen and oxygen atoms in total. The first kappa shape index (κ1) is 11.6. The molecule has 0 aliphatic carbocycles. The Morgan fingerprint density at radius 2 is 2.31 bits per heavy atom. The van der Waals surface area contributed by atoms with E-state index in [9.17, 15) is 4.79 Å². The molecular formula is C10H13BrN2O3. The molecule has 88 valence electrons. The summed E-state index contributed by atoms with van der Waals surface area (Å²) in [5.41, 5.74) is 0.721. The zero-order valence-electron chi connectivity index (χ0n) is 8.73. The first-order valence-corrected chi connectivity index (χ1v) is 5.99. The Bertz CT molecular complexity index is 385. The van der Waals surface area contributed by atoms with Crippen LogP contribution in [-0.4, -0.2) is 34.1 Å². The molecule has 2 rings (SSSR count). The summed E-state index contributed by atoms with van der Waals surface area (Å²) in [5, 5.41) is 13.0. The predicted molar refractivity (Wildman–Crippen MR) is 60.4 cm³/mol. The molecule has 0 unspecified atom stereocenters. The molecule has 1 N–H and O–H groups in total. The molecule has 0 radical (unpaired) electrons. The van der Waals surface area contributed by atoms with Crippen LogP contribution in [0.2, 0.25) is 0 Å². The fourth-order valence-electron chi connectivity index (χ4n) is 1.85. The van der Waals surface area contributed by atoms with Crippen LogP contribution in [0.15, 0.2) is 10.8 Å². The quantitative estimate of drug-likeness (QED) is 0.918. The van der Waals surface area contributed by atoms with Crippen molar-refractivity contribution in [2.24, 2.45) is 0 Å². The standard InChI is InChI=1S/C10H13BrN2O3/c11-10-7(5-9(14)15)6-12-13(10)8-1-3-16-4-2-8/h6,8H,1-5H2,(H,14,15). The number of carboxylic acids is 1. The summed E-state index contributed by atoms with van der Waals surface area (Å²) in [7, 11) is 0. The summed E-state index contributed by atoms with van der Waals surface area (Å²) >= 11 is 3.41. The van der Waals surface area contributed by atoms with Gasteiger partial charge in [-0.05, 0) is 28.8 Å². The Kier molecular flexibility index (Phi) is 3.60. The van der Waals surface area contributed by atoms with E-state index in [4.69, 9.17) is 9.84 Å². The monoisotopic (exact) mass is 288 g/mol. The fraction of sp³-hybridized carbons (Fsp3) is 0.600. The number of rotatable bonds is 3. The smallest absolute Gasteiger partial charge is 0.307 e. The molecule has 1 aromatic heterocycles. The molecule has 0 aromatic carbocycles. The van der Waals surface area contributed by atoms with Crippen LogP contribution in [0.25, 0.3) is 0 Å². The van der Waals surface area contributed by atoms with Crippen molar-refractivity contribution in [3.63, 3.8) is 0 Å². The van der Waals surface area contributed by atoms with E-state index in [1.165, 1.54) is 0 Å². The summed E-state index contributed by atoms with van der Waals surface area (Å²) in [6, 6.07) is 0.311. The highest BCUT2D eigenvalue weighted by Gasteiger charge is 2.20. The van der Waals surface area contributed by atoms with Gasteiger partial charge in [-0.2, -0.15) is 5.10 Å². The maximum atomic E-state index is 10.6. The first-order valence-electron chi connectivity index (χ1n) is 5.20. The molecule has 0 bridgehead atoms. The zero-order valence-corrected chi connectivity index (χ0v) is 10.3. The molecule has 1 fully saturated rings. The van der Waals surface area contributed by atoms with E-state index in [-0.39, 0.29) is 6.42 Å². The largest absolute Gasteiger partial charge is 0.481 e. The van der Waals surface area contributed by atoms with Gasteiger partial charge in [-0.3, -0.25) is 9.48 Å².